The van der Waals surface area contributed by atoms with Crippen LogP contribution in [0.25, 0.3) is 0 Å². The largest absolute Gasteiger partial charge is 0.335 e. The van der Waals surface area contributed by atoms with Crippen molar-refractivity contribution in [2.24, 2.45) is 10.9 Å². The molecule has 17 heavy (non-hydrogen) atoms. The number of nitrogens with one attached hydrogen (secondary N) is 1. The molecule has 0 bridgehead atoms. The fourth-order valence-corrected chi connectivity index (χ4v) is 3.73. The van der Waals surface area contributed by atoms with Crippen molar-refractivity contribution in [3.63, 3.8) is 0 Å². The van der Waals surface area contributed by atoms with Gasteiger partial charge in [-0.2, -0.15) is 0 Å². The average molecular weight is 358 g/mol. The van der Waals surface area contributed by atoms with Gasteiger partial charge >= 0.3 is 0 Å². The van der Waals surface area contributed by atoms with E-state index in [9.17, 15) is 0 Å². The van der Waals surface area contributed by atoms with Crippen LogP contribution in [0.15, 0.2) is 23.2 Å². The summed E-state index contributed by atoms with van der Waals surface area (Å²) in [7, 11) is 0. The van der Waals surface area contributed by atoms with Crippen molar-refractivity contribution in [1.29, 1.82) is 0 Å². The second kappa shape index (κ2) is 4.80. The first kappa shape index (κ1) is 11.8. The predicted molar refractivity (Wildman–Crippen MR) is 83.9 cm³/mol. The van der Waals surface area contributed by atoms with E-state index < -0.39 is 0 Å². The molecule has 4 heteroatoms. The molecule has 0 saturated heterocycles. The third kappa shape index (κ3) is 2.78. The molecule has 1 aliphatic carbocycles. The summed E-state index contributed by atoms with van der Waals surface area (Å²) in [5, 5.41) is 5.31. The van der Waals surface area contributed by atoms with Crippen LogP contribution in [0, 0.1) is 16.4 Å². The number of thioether (sulfide) groups is 1. The van der Waals surface area contributed by atoms with Gasteiger partial charge in [0, 0.05) is 14.5 Å². The Morgan fingerprint density at radius 3 is 3.00 bits per heavy atom. The summed E-state index contributed by atoms with van der Waals surface area (Å²) in [6.45, 7) is 3.14. The molecule has 2 aliphatic rings. The summed E-state index contributed by atoms with van der Waals surface area (Å²) in [6, 6.07) is 6.48. The van der Waals surface area contributed by atoms with Crippen molar-refractivity contribution in [3.8, 4) is 0 Å². The first-order chi connectivity index (χ1) is 8.22. The first-order valence-electron chi connectivity index (χ1n) is 5.96. The standard InChI is InChI=1S/C13H15IN2S/c1-8-2-5-10(14)6-11(8)16-13-15-7-12(17-13)9-3-4-9/h2,5-6,9,12H,3-4,7H2,1H3,(H,15,16). The minimum atomic E-state index is 0.737. The van der Waals surface area contributed by atoms with Gasteiger partial charge in [-0.15, -0.1) is 0 Å². The fraction of sp³-hybridized carbons (Fsp3) is 0.462. The molecule has 1 saturated carbocycles. The molecule has 1 unspecified atom stereocenters. The number of aliphatic imine (C=N–C) groups is 1. The zero-order valence-corrected chi connectivity index (χ0v) is 12.7. The van der Waals surface area contributed by atoms with Crippen LogP contribution in [-0.2, 0) is 0 Å². The van der Waals surface area contributed by atoms with Gasteiger partial charge in [0.1, 0.15) is 0 Å². The smallest absolute Gasteiger partial charge is 0.161 e. The lowest BCUT2D eigenvalue weighted by molar-refractivity contribution is 0.773. The number of rotatable bonds is 2. The minimum Gasteiger partial charge on any atom is -0.335 e. The molecule has 0 aromatic heterocycles. The molecule has 1 aliphatic heterocycles. The molecule has 0 spiro atoms. The summed E-state index contributed by atoms with van der Waals surface area (Å²) in [4.78, 5) is 4.61. The summed E-state index contributed by atoms with van der Waals surface area (Å²) in [5.41, 5.74) is 2.48. The van der Waals surface area contributed by atoms with Crippen molar-refractivity contribution < 1.29 is 0 Å². The zero-order chi connectivity index (χ0) is 11.8. The van der Waals surface area contributed by atoms with Crippen molar-refractivity contribution in [3.05, 3.63) is 27.3 Å². The lowest BCUT2D eigenvalue weighted by Crippen LogP contribution is -2.09. The molecule has 1 heterocycles. The van der Waals surface area contributed by atoms with Crippen LogP contribution in [0.1, 0.15) is 18.4 Å². The normalized spacial score (nSPS) is 23.6. The lowest BCUT2D eigenvalue weighted by atomic mass is 10.2. The van der Waals surface area contributed by atoms with E-state index in [0.717, 1.165) is 22.9 Å². The number of halogens is 1. The third-order valence-electron chi connectivity index (χ3n) is 3.27. The van der Waals surface area contributed by atoms with E-state index in [1.54, 1.807) is 0 Å². The summed E-state index contributed by atoms with van der Waals surface area (Å²) in [6.07, 6.45) is 2.81. The highest BCUT2D eigenvalue weighted by molar-refractivity contribution is 14.1. The zero-order valence-electron chi connectivity index (χ0n) is 9.74. The van der Waals surface area contributed by atoms with Crippen molar-refractivity contribution >= 4 is 45.2 Å². The van der Waals surface area contributed by atoms with Crippen LogP contribution in [0.5, 0.6) is 0 Å². The van der Waals surface area contributed by atoms with Gasteiger partial charge in [-0.05, 0) is 66.0 Å². The highest BCUT2D eigenvalue weighted by Gasteiger charge is 2.35. The molecule has 0 radical (unpaired) electrons. The highest BCUT2D eigenvalue weighted by atomic mass is 127. The minimum absolute atomic E-state index is 0.737. The maximum atomic E-state index is 4.61. The number of nitrogens with zero attached hydrogens (tertiary/aromatic N) is 1. The Bertz CT molecular complexity index is 468. The summed E-state index contributed by atoms with van der Waals surface area (Å²) < 4.78 is 1.26. The number of anilines is 1. The van der Waals surface area contributed by atoms with Gasteiger partial charge in [-0.3, -0.25) is 4.99 Å². The Labute approximate surface area is 120 Å². The van der Waals surface area contributed by atoms with Gasteiger partial charge in [0.25, 0.3) is 0 Å². The van der Waals surface area contributed by atoms with Crippen LogP contribution >= 0.6 is 34.4 Å². The van der Waals surface area contributed by atoms with E-state index in [1.807, 2.05) is 11.8 Å². The van der Waals surface area contributed by atoms with Gasteiger partial charge in [0.2, 0.25) is 0 Å². The van der Waals surface area contributed by atoms with Crippen molar-refractivity contribution in [1.82, 2.24) is 0 Å². The SMILES string of the molecule is Cc1ccc(I)cc1NC1=NCC(C2CC2)S1. The number of amidine groups is 1. The van der Waals surface area contributed by atoms with Crippen molar-refractivity contribution in [2.75, 3.05) is 11.9 Å². The maximum Gasteiger partial charge on any atom is 0.161 e. The molecule has 1 atom stereocenters. The van der Waals surface area contributed by atoms with Crippen LogP contribution in [-0.4, -0.2) is 17.0 Å². The van der Waals surface area contributed by atoms with Gasteiger partial charge in [0.05, 0.1) is 6.54 Å². The topological polar surface area (TPSA) is 24.4 Å². The molecular weight excluding hydrogens is 343 g/mol. The molecule has 0 amide bonds. The molecule has 2 nitrogen and oxygen atoms in total. The van der Waals surface area contributed by atoms with Crippen molar-refractivity contribution in [2.45, 2.75) is 25.0 Å². The molecule has 1 aromatic carbocycles. The van der Waals surface area contributed by atoms with E-state index in [2.05, 4.69) is 58.0 Å². The Hall–Kier alpha value is -0.230. The monoisotopic (exact) mass is 358 g/mol. The van der Waals surface area contributed by atoms with Crippen LogP contribution in [0.2, 0.25) is 0 Å². The lowest BCUT2D eigenvalue weighted by Gasteiger charge is -2.10. The van der Waals surface area contributed by atoms with E-state index in [4.69, 9.17) is 0 Å². The van der Waals surface area contributed by atoms with Gasteiger partial charge < -0.3 is 5.32 Å². The Morgan fingerprint density at radius 1 is 1.41 bits per heavy atom. The van der Waals surface area contributed by atoms with Crippen LogP contribution in [0.3, 0.4) is 0 Å². The van der Waals surface area contributed by atoms with Crippen LogP contribution in [0.4, 0.5) is 5.69 Å². The molecule has 1 fully saturated rings. The molecule has 1 N–H and O–H groups in total. The Balaban J connectivity index is 1.68. The van der Waals surface area contributed by atoms with E-state index in [0.29, 0.717) is 0 Å². The molecule has 90 valence electrons. The molecule has 1 aromatic rings. The molecule has 3 rings (SSSR count). The van der Waals surface area contributed by atoms with Gasteiger partial charge in [0.15, 0.2) is 5.17 Å². The van der Waals surface area contributed by atoms with Gasteiger partial charge in [-0.25, -0.2) is 0 Å². The van der Waals surface area contributed by atoms with Crippen LogP contribution < -0.4 is 5.32 Å². The number of hydrogen-bond acceptors (Lipinski definition) is 3. The number of hydrogen-bond donors (Lipinski definition) is 1. The highest BCUT2D eigenvalue weighted by Crippen LogP contribution is 2.42. The number of benzene rings is 1. The average Bonchev–Trinajstić information content (AvgIpc) is 3.05. The summed E-state index contributed by atoms with van der Waals surface area (Å²) in [5.74, 6) is 0.931. The van der Waals surface area contributed by atoms with E-state index in [-0.39, 0.29) is 0 Å². The second-order valence-electron chi connectivity index (χ2n) is 4.72. The predicted octanol–water partition coefficient (Wildman–Crippen LogP) is 3.89. The Morgan fingerprint density at radius 2 is 2.24 bits per heavy atom. The van der Waals surface area contributed by atoms with E-state index >= 15 is 0 Å². The number of aryl methyl sites for hydroxylation is 1. The Kier molecular flexibility index (Phi) is 3.34. The maximum absolute atomic E-state index is 4.61. The van der Waals surface area contributed by atoms with E-state index in [1.165, 1.54) is 27.7 Å². The summed E-state index contributed by atoms with van der Waals surface area (Å²) >= 11 is 4.27. The first-order valence-corrected chi connectivity index (χ1v) is 7.92. The van der Waals surface area contributed by atoms with Gasteiger partial charge in [-0.1, -0.05) is 17.8 Å². The third-order valence-corrected chi connectivity index (χ3v) is 5.23. The fourth-order valence-electron chi connectivity index (χ4n) is 2.02. The molecular formula is C13H15IN2S. The second-order valence-corrected chi connectivity index (χ2v) is 7.20. The quantitative estimate of drug-likeness (QED) is 0.812.